The summed E-state index contributed by atoms with van der Waals surface area (Å²) in [6.07, 6.45) is 12.0. The first-order valence-corrected chi connectivity index (χ1v) is 6.15. The van der Waals surface area contributed by atoms with Crippen molar-refractivity contribution in [1.29, 1.82) is 0 Å². The van der Waals surface area contributed by atoms with Crippen molar-refractivity contribution < 1.29 is 0 Å². The summed E-state index contributed by atoms with van der Waals surface area (Å²) in [7, 11) is 0. The molecule has 0 unspecified atom stereocenters. The first-order valence-electron chi connectivity index (χ1n) is 6.15. The largest absolute Gasteiger partial charge is 0.310 e. The second-order valence-corrected chi connectivity index (χ2v) is 4.42. The minimum absolute atomic E-state index is 0.520. The van der Waals surface area contributed by atoms with Gasteiger partial charge in [0.2, 0.25) is 0 Å². The molecular weight excluding hydrogens is 182 g/mol. The van der Waals surface area contributed by atoms with Crippen molar-refractivity contribution in [2.24, 2.45) is 0 Å². The molecule has 0 aromatic rings. The Kier molecular flexibility index (Phi) is 3.42. The number of nitrogens with one attached hydrogen (secondary N) is 1. The van der Waals surface area contributed by atoms with Gasteiger partial charge in [0.15, 0.2) is 0 Å². The van der Waals surface area contributed by atoms with Gasteiger partial charge in [-0.2, -0.15) is 0 Å². The molecule has 0 aliphatic heterocycles. The molecule has 2 rings (SSSR count). The average Bonchev–Trinajstić information content (AvgIpc) is 2.28. The molecule has 0 aromatic heterocycles. The maximum Gasteiger partial charge on any atom is 0.0291 e. The smallest absolute Gasteiger partial charge is 0.0291 e. The minimum Gasteiger partial charge on any atom is -0.310 e. The van der Waals surface area contributed by atoms with E-state index in [-0.39, 0.29) is 0 Å². The number of rotatable bonds is 3. The highest BCUT2D eigenvalue weighted by Gasteiger charge is 2.19. The van der Waals surface area contributed by atoms with E-state index in [0.29, 0.717) is 6.04 Å². The molecule has 0 heterocycles. The quantitative estimate of drug-likeness (QED) is 0.741. The molecular formula is C14H21N. The summed E-state index contributed by atoms with van der Waals surface area (Å²) < 4.78 is 0. The summed E-state index contributed by atoms with van der Waals surface area (Å²) in [5.41, 5.74) is 4.77. The van der Waals surface area contributed by atoms with E-state index in [0.717, 1.165) is 6.54 Å². The number of hydrogen-bond donors (Lipinski definition) is 1. The predicted molar refractivity (Wildman–Crippen MR) is 65.9 cm³/mol. The first kappa shape index (κ1) is 10.7. The highest BCUT2D eigenvalue weighted by Crippen LogP contribution is 2.34. The SMILES string of the molecule is CCN[C@H](C)C1=CCCC2=C1CCC=C2. The second kappa shape index (κ2) is 4.80. The lowest BCUT2D eigenvalue weighted by molar-refractivity contribution is 0.623. The fourth-order valence-corrected chi connectivity index (χ4v) is 2.64. The molecule has 0 aromatic carbocycles. The van der Waals surface area contributed by atoms with Gasteiger partial charge in [-0.05, 0) is 55.9 Å². The molecule has 1 N–H and O–H groups in total. The normalized spacial score (nSPS) is 22.4. The van der Waals surface area contributed by atoms with Crippen molar-refractivity contribution in [1.82, 2.24) is 5.32 Å². The molecule has 1 nitrogen and oxygen atoms in total. The molecule has 82 valence electrons. The Bertz CT molecular complexity index is 320. The second-order valence-electron chi connectivity index (χ2n) is 4.42. The van der Waals surface area contributed by atoms with Gasteiger partial charge in [0, 0.05) is 6.04 Å². The van der Waals surface area contributed by atoms with Crippen molar-refractivity contribution >= 4 is 0 Å². The molecule has 0 fully saturated rings. The van der Waals surface area contributed by atoms with Gasteiger partial charge < -0.3 is 5.32 Å². The van der Waals surface area contributed by atoms with Crippen LogP contribution in [-0.4, -0.2) is 12.6 Å². The zero-order valence-corrected chi connectivity index (χ0v) is 9.84. The zero-order valence-electron chi connectivity index (χ0n) is 9.84. The van der Waals surface area contributed by atoms with E-state index >= 15 is 0 Å². The van der Waals surface area contributed by atoms with Gasteiger partial charge in [0.1, 0.15) is 0 Å². The van der Waals surface area contributed by atoms with Gasteiger partial charge in [-0.25, -0.2) is 0 Å². The number of likely N-dealkylation sites (N-methyl/N-ethyl adjacent to an activating group) is 1. The molecule has 2 aliphatic rings. The zero-order chi connectivity index (χ0) is 10.7. The van der Waals surface area contributed by atoms with Crippen LogP contribution in [0.3, 0.4) is 0 Å². The molecule has 0 radical (unpaired) electrons. The maximum absolute atomic E-state index is 3.52. The molecule has 0 saturated heterocycles. The van der Waals surface area contributed by atoms with E-state index < -0.39 is 0 Å². The third-order valence-electron chi connectivity index (χ3n) is 3.37. The van der Waals surface area contributed by atoms with Gasteiger partial charge in [0.25, 0.3) is 0 Å². The Labute approximate surface area is 93.0 Å². The molecule has 2 aliphatic carbocycles. The Morgan fingerprint density at radius 3 is 3.00 bits per heavy atom. The molecule has 1 atom stereocenters. The van der Waals surface area contributed by atoms with E-state index in [1.54, 1.807) is 16.7 Å². The van der Waals surface area contributed by atoms with Crippen molar-refractivity contribution in [3.8, 4) is 0 Å². The van der Waals surface area contributed by atoms with Crippen LogP contribution in [-0.2, 0) is 0 Å². The van der Waals surface area contributed by atoms with Crippen LogP contribution < -0.4 is 5.32 Å². The average molecular weight is 203 g/mol. The lowest BCUT2D eigenvalue weighted by Gasteiger charge is -2.27. The van der Waals surface area contributed by atoms with E-state index in [2.05, 4.69) is 37.4 Å². The topological polar surface area (TPSA) is 12.0 Å². The van der Waals surface area contributed by atoms with E-state index in [1.807, 2.05) is 0 Å². The van der Waals surface area contributed by atoms with Crippen LogP contribution in [0.2, 0.25) is 0 Å². The van der Waals surface area contributed by atoms with Crippen LogP contribution in [0.25, 0.3) is 0 Å². The molecule has 0 spiro atoms. The van der Waals surface area contributed by atoms with Crippen molar-refractivity contribution in [3.63, 3.8) is 0 Å². The highest BCUT2D eigenvalue weighted by atomic mass is 14.9. The first-order chi connectivity index (χ1) is 7.33. The third-order valence-corrected chi connectivity index (χ3v) is 3.37. The maximum atomic E-state index is 3.52. The third kappa shape index (κ3) is 2.23. The van der Waals surface area contributed by atoms with Gasteiger partial charge >= 0.3 is 0 Å². The van der Waals surface area contributed by atoms with E-state index in [4.69, 9.17) is 0 Å². The van der Waals surface area contributed by atoms with Gasteiger partial charge in [-0.3, -0.25) is 0 Å². The van der Waals surface area contributed by atoms with E-state index in [1.165, 1.54) is 25.7 Å². The van der Waals surface area contributed by atoms with Crippen LogP contribution in [0, 0.1) is 0 Å². The fourth-order valence-electron chi connectivity index (χ4n) is 2.64. The van der Waals surface area contributed by atoms with Crippen LogP contribution in [0.5, 0.6) is 0 Å². The van der Waals surface area contributed by atoms with E-state index in [9.17, 15) is 0 Å². The van der Waals surface area contributed by atoms with Crippen molar-refractivity contribution in [2.75, 3.05) is 6.54 Å². The van der Waals surface area contributed by atoms with Crippen LogP contribution >= 0.6 is 0 Å². The predicted octanol–water partition coefficient (Wildman–Crippen LogP) is 3.35. The molecule has 15 heavy (non-hydrogen) atoms. The van der Waals surface area contributed by atoms with Gasteiger partial charge in [0.05, 0.1) is 0 Å². The summed E-state index contributed by atoms with van der Waals surface area (Å²) in [4.78, 5) is 0. The summed E-state index contributed by atoms with van der Waals surface area (Å²) in [6, 6.07) is 0.520. The van der Waals surface area contributed by atoms with Crippen LogP contribution in [0.4, 0.5) is 0 Å². The molecule has 0 saturated carbocycles. The highest BCUT2D eigenvalue weighted by molar-refractivity contribution is 5.47. The van der Waals surface area contributed by atoms with Crippen LogP contribution in [0.15, 0.2) is 34.9 Å². The van der Waals surface area contributed by atoms with Crippen molar-refractivity contribution in [2.45, 2.75) is 45.6 Å². The fraction of sp³-hybridized carbons (Fsp3) is 0.571. The molecule has 0 bridgehead atoms. The Morgan fingerprint density at radius 2 is 2.20 bits per heavy atom. The Morgan fingerprint density at radius 1 is 1.33 bits per heavy atom. The summed E-state index contributed by atoms with van der Waals surface area (Å²) in [5.74, 6) is 0. The Balaban J connectivity index is 2.20. The van der Waals surface area contributed by atoms with Crippen molar-refractivity contribution in [3.05, 3.63) is 34.9 Å². The monoisotopic (exact) mass is 203 g/mol. The van der Waals surface area contributed by atoms with Gasteiger partial charge in [-0.1, -0.05) is 25.2 Å². The van der Waals surface area contributed by atoms with Crippen LogP contribution in [0.1, 0.15) is 39.5 Å². The van der Waals surface area contributed by atoms with Gasteiger partial charge in [-0.15, -0.1) is 0 Å². The summed E-state index contributed by atoms with van der Waals surface area (Å²) >= 11 is 0. The minimum atomic E-state index is 0.520. The number of hydrogen-bond acceptors (Lipinski definition) is 1. The Hall–Kier alpha value is -0.820. The summed E-state index contributed by atoms with van der Waals surface area (Å²) in [6.45, 7) is 5.51. The number of allylic oxidation sites excluding steroid dienone is 4. The standard InChI is InChI=1S/C14H21N/c1-3-15-11(2)13-10-6-8-12-7-4-5-9-14(12)13/h4,7,10-11,15H,3,5-6,8-9H2,1-2H3/t11-/m1/s1. The lowest BCUT2D eigenvalue weighted by Crippen LogP contribution is -2.29. The molecule has 1 heteroatoms. The molecule has 0 amide bonds. The lowest BCUT2D eigenvalue weighted by atomic mass is 9.82. The summed E-state index contributed by atoms with van der Waals surface area (Å²) in [5, 5.41) is 3.52.